The van der Waals surface area contributed by atoms with E-state index in [0.717, 1.165) is 16.7 Å². The van der Waals surface area contributed by atoms with Crippen LogP contribution < -0.4 is 22.3 Å². The van der Waals surface area contributed by atoms with Crippen molar-refractivity contribution in [3.8, 4) is 17.0 Å². The van der Waals surface area contributed by atoms with Gasteiger partial charge < -0.3 is 15.8 Å². The van der Waals surface area contributed by atoms with Gasteiger partial charge in [-0.15, -0.1) is 0 Å². The molecule has 0 saturated heterocycles. The Morgan fingerprint density at radius 2 is 1.84 bits per heavy atom. The maximum Gasteiger partial charge on any atom is 0.326 e. The molecule has 0 fully saturated rings. The second-order valence-corrected chi connectivity index (χ2v) is 7.04. The van der Waals surface area contributed by atoms with Crippen LogP contribution in [0, 0.1) is 0 Å². The highest BCUT2D eigenvalue weighted by molar-refractivity contribution is 5.67. The minimum absolute atomic E-state index is 0.122. The van der Waals surface area contributed by atoms with Gasteiger partial charge in [0.25, 0.3) is 0 Å². The summed E-state index contributed by atoms with van der Waals surface area (Å²) in [4.78, 5) is 29.4. The zero-order chi connectivity index (χ0) is 22.1. The normalized spacial score (nSPS) is 12.6. The minimum atomic E-state index is -0.521. The van der Waals surface area contributed by atoms with Gasteiger partial charge in [-0.1, -0.05) is 54.6 Å². The number of nitrogens with two attached hydrogens (primary N) is 1. The van der Waals surface area contributed by atoms with E-state index >= 15 is 0 Å². The van der Waals surface area contributed by atoms with Crippen molar-refractivity contribution in [2.45, 2.75) is 6.54 Å². The molecule has 32 heavy (non-hydrogen) atoms. The molecule has 0 radical (unpaired) electrons. The summed E-state index contributed by atoms with van der Waals surface area (Å²) in [5.74, 6) is -0.157. The molecule has 2 aromatic carbocycles. The van der Waals surface area contributed by atoms with Crippen molar-refractivity contribution in [3.05, 3.63) is 93.4 Å². The van der Waals surface area contributed by atoms with E-state index in [2.05, 4.69) is 42.2 Å². The van der Waals surface area contributed by atoms with E-state index in [1.807, 2.05) is 42.5 Å². The number of aromatic amines is 2. The number of nitrogens with one attached hydrogen (secondary N) is 2. The van der Waals surface area contributed by atoms with Crippen LogP contribution in [0.2, 0.25) is 0 Å². The monoisotopic (exact) mass is 426 g/mol. The smallest absolute Gasteiger partial charge is 0.326 e. The van der Waals surface area contributed by atoms with Gasteiger partial charge in [-0.3, -0.25) is 4.98 Å². The predicted octanol–water partition coefficient (Wildman–Crippen LogP) is 0.744. The SMILES string of the molecule is Nc1nc(=NCc2ccccc2-c2ccccc2)nc2c(=Cc3[nH]c(=O)[nH]c3O)cnn12. The van der Waals surface area contributed by atoms with Gasteiger partial charge >= 0.3 is 5.69 Å². The van der Waals surface area contributed by atoms with Crippen LogP contribution in [-0.2, 0) is 6.54 Å². The molecule has 0 aliphatic rings. The summed E-state index contributed by atoms with van der Waals surface area (Å²) in [5.41, 5.74) is 9.54. The van der Waals surface area contributed by atoms with E-state index in [-0.39, 0.29) is 23.1 Å². The number of H-pyrrole nitrogens is 2. The maximum absolute atomic E-state index is 11.4. The molecule has 0 spiro atoms. The second-order valence-electron chi connectivity index (χ2n) is 7.04. The van der Waals surface area contributed by atoms with Gasteiger partial charge in [0, 0.05) is 5.22 Å². The second kappa shape index (κ2) is 7.84. The molecule has 10 nitrogen and oxygen atoms in total. The molecule has 5 rings (SSSR count). The molecule has 10 heteroatoms. The molecule has 3 aromatic heterocycles. The number of anilines is 1. The lowest BCUT2D eigenvalue weighted by atomic mass is 10.00. The molecule has 0 aliphatic heterocycles. The van der Waals surface area contributed by atoms with Crippen LogP contribution in [0.3, 0.4) is 0 Å². The zero-order valence-electron chi connectivity index (χ0n) is 16.7. The van der Waals surface area contributed by atoms with Gasteiger partial charge in [0.2, 0.25) is 17.4 Å². The predicted molar refractivity (Wildman–Crippen MR) is 118 cm³/mol. The maximum atomic E-state index is 11.4. The van der Waals surface area contributed by atoms with Crippen molar-refractivity contribution < 1.29 is 5.11 Å². The van der Waals surface area contributed by atoms with Crippen molar-refractivity contribution in [3.63, 3.8) is 0 Å². The fourth-order valence-corrected chi connectivity index (χ4v) is 3.44. The van der Waals surface area contributed by atoms with Gasteiger partial charge in [0.05, 0.1) is 12.7 Å². The molecular weight excluding hydrogens is 408 g/mol. The first-order valence-electron chi connectivity index (χ1n) is 9.76. The van der Waals surface area contributed by atoms with E-state index < -0.39 is 5.69 Å². The fourth-order valence-electron chi connectivity index (χ4n) is 3.44. The van der Waals surface area contributed by atoms with Crippen LogP contribution in [0.15, 0.2) is 70.6 Å². The third-order valence-electron chi connectivity index (χ3n) is 4.94. The average Bonchev–Trinajstić information content (AvgIpc) is 3.35. The Morgan fingerprint density at radius 3 is 2.62 bits per heavy atom. The summed E-state index contributed by atoms with van der Waals surface area (Å²) in [6.45, 7) is 0.361. The lowest BCUT2D eigenvalue weighted by molar-refractivity contribution is 0.454. The van der Waals surface area contributed by atoms with Crippen LogP contribution in [0.5, 0.6) is 5.88 Å². The molecule has 0 unspecified atom stereocenters. The van der Waals surface area contributed by atoms with Gasteiger partial charge in [-0.2, -0.15) is 19.6 Å². The number of imidazole rings is 1. The summed E-state index contributed by atoms with van der Waals surface area (Å²) in [6, 6.07) is 18.1. The number of fused-ring (bicyclic) bond motifs is 1. The third-order valence-corrected chi connectivity index (χ3v) is 4.94. The van der Waals surface area contributed by atoms with Crippen LogP contribution >= 0.6 is 0 Å². The highest BCUT2D eigenvalue weighted by Crippen LogP contribution is 2.23. The summed E-state index contributed by atoms with van der Waals surface area (Å²) >= 11 is 0. The third kappa shape index (κ3) is 3.60. The van der Waals surface area contributed by atoms with E-state index in [0.29, 0.717) is 17.4 Å². The fraction of sp³-hybridized carbons (Fsp3) is 0.0455. The van der Waals surface area contributed by atoms with Crippen molar-refractivity contribution in [1.29, 1.82) is 0 Å². The molecule has 5 aromatic rings. The van der Waals surface area contributed by atoms with Crippen LogP contribution in [0.4, 0.5) is 5.95 Å². The molecule has 0 amide bonds. The highest BCUT2D eigenvalue weighted by Gasteiger charge is 2.08. The lowest BCUT2D eigenvalue weighted by Gasteiger charge is -2.07. The highest BCUT2D eigenvalue weighted by atomic mass is 16.3. The lowest BCUT2D eigenvalue weighted by Crippen LogP contribution is -2.21. The summed E-state index contributed by atoms with van der Waals surface area (Å²) in [5, 5.41) is 14.5. The van der Waals surface area contributed by atoms with E-state index in [9.17, 15) is 9.90 Å². The minimum Gasteiger partial charge on any atom is -0.493 e. The Balaban J connectivity index is 1.58. The van der Waals surface area contributed by atoms with Crippen molar-refractivity contribution >= 4 is 17.7 Å². The number of benzene rings is 2. The first-order valence-corrected chi connectivity index (χ1v) is 9.76. The van der Waals surface area contributed by atoms with Crippen LogP contribution in [-0.4, -0.2) is 34.7 Å². The Bertz CT molecular complexity index is 1600. The molecule has 0 saturated carbocycles. The van der Waals surface area contributed by atoms with Gasteiger partial charge in [-0.05, 0) is 22.8 Å². The van der Waals surface area contributed by atoms with Crippen molar-refractivity contribution in [2.75, 3.05) is 5.73 Å². The summed E-state index contributed by atoms with van der Waals surface area (Å²) in [6.07, 6.45) is 3.05. The number of aromatic nitrogens is 6. The number of hydrogen-bond acceptors (Lipinski definition) is 7. The van der Waals surface area contributed by atoms with Gasteiger partial charge in [0.1, 0.15) is 5.69 Å². The quantitative estimate of drug-likeness (QED) is 0.333. The van der Waals surface area contributed by atoms with Crippen LogP contribution in [0.1, 0.15) is 11.3 Å². The number of hydrogen-bond donors (Lipinski definition) is 4. The van der Waals surface area contributed by atoms with E-state index in [1.165, 1.54) is 16.8 Å². The average molecular weight is 426 g/mol. The largest absolute Gasteiger partial charge is 0.493 e. The number of aromatic hydroxyl groups is 1. The molecule has 0 atom stereocenters. The molecule has 5 N–H and O–H groups in total. The molecule has 158 valence electrons. The molecule has 0 bridgehead atoms. The Morgan fingerprint density at radius 1 is 1.06 bits per heavy atom. The molecule has 0 aliphatic carbocycles. The van der Waals surface area contributed by atoms with Crippen molar-refractivity contribution in [1.82, 2.24) is 29.5 Å². The van der Waals surface area contributed by atoms with E-state index in [4.69, 9.17) is 5.73 Å². The van der Waals surface area contributed by atoms with Gasteiger partial charge in [-0.25, -0.2) is 9.79 Å². The first kappa shape index (κ1) is 19.2. The summed E-state index contributed by atoms with van der Waals surface area (Å²) in [7, 11) is 0. The van der Waals surface area contributed by atoms with Crippen LogP contribution in [0.25, 0.3) is 22.9 Å². The topological polar surface area (TPSA) is 150 Å². The zero-order valence-corrected chi connectivity index (χ0v) is 16.7. The Hall–Kier alpha value is -4.73. The number of rotatable bonds is 4. The molecular formula is C22H18N8O2. The van der Waals surface area contributed by atoms with Crippen molar-refractivity contribution in [2.24, 2.45) is 4.99 Å². The first-order chi connectivity index (χ1) is 15.6. The van der Waals surface area contributed by atoms with Gasteiger partial charge in [0.15, 0.2) is 5.65 Å². The van der Waals surface area contributed by atoms with E-state index in [1.54, 1.807) is 0 Å². The molecule has 3 heterocycles. The standard InChI is InChI=1S/C22H18N8O2/c23-20-29-21(24-11-14-8-4-5-9-16(14)13-6-2-1-3-7-13)27-18-15(12-25-30(18)20)10-17-19(31)28-22(32)26-17/h1-10,12,31H,11H2,(H2,23,24,29)(H2,26,28,32). The Labute approximate surface area is 180 Å². The number of nitrogens with zero attached hydrogens (tertiary/aromatic N) is 5. The summed E-state index contributed by atoms with van der Waals surface area (Å²) < 4.78 is 1.37. The number of nitrogen functional groups attached to an aromatic ring is 1. The Kier molecular flexibility index (Phi) is 4.71.